The van der Waals surface area contributed by atoms with Gasteiger partial charge in [0.2, 0.25) is 11.7 Å². The molecule has 6 heteroatoms. The molecule has 0 aliphatic carbocycles. The molecule has 0 spiro atoms. The summed E-state index contributed by atoms with van der Waals surface area (Å²) in [4.78, 5) is 8.70. The summed E-state index contributed by atoms with van der Waals surface area (Å²) < 4.78 is 5.23. The number of hydrogen-bond acceptors (Lipinski definition) is 6. The highest BCUT2D eigenvalue weighted by Gasteiger charge is 2.17. The van der Waals surface area contributed by atoms with Gasteiger partial charge in [0, 0.05) is 6.20 Å². The van der Waals surface area contributed by atoms with Crippen LogP contribution >= 0.6 is 11.8 Å². The second-order valence-electron chi connectivity index (χ2n) is 4.52. The second kappa shape index (κ2) is 6.16. The Labute approximate surface area is 117 Å². The highest BCUT2D eigenvalue weighted by Crippen LogP contribution is 2.21. The summed E-state index contributed by atoms with van der Waals surface area (Å²) in [5.41, 5.74) is 8.90. The summed E-state index contributed by atoms with van der Waals surface area (Å²) in [5.74, 6) is 1.96. The van der Waals surface area contributed by atoms with Gasteiger partial charge in [-0.05, 0) is 43.4 Å². The van der Waals surface area contributed by atoms with Crippen LogP contribution in [-0.4, -0.2) is 27.1 Å². The monoisotopic (exact) mass is 278 g/mol. The Morgan fingerprint density at radius 1 is 1.42 bits per heavy atom. The fraction of sp³-hybridized carbons (Fsp3) is 0.462. The predicted octanol–water partition coefficient (Wildman–Crippen LogP) is 2.50. The number of hydrogen-bond donors (Lipinski definition) is 1. The molecule has 2 N–H and O–H groups in total. The smallest absolute Gasteiger partial charge is 0.243 e. The standard InChI is InChI=1S/C13H18N4OS/c1-8-6-9(2)11(15-7-8)12-16-13(18-17-12)10(14)4-5-19-3/h6-7,10H,4-5,14H2,1-3H3/t10-/m0/s1. The third-order valence-electron chi connectivity index (χ3n) is 2.82. The molecule has 2 heterocycles. The zero-order valence-corrected chi connectivity index (χ0v) is 12.2. The van der Waals surface area contributed by atoms with Crippen LogP contribution in [0, 0.1) is 13.8 Å². The number of aryl methyl sites for hydroxylation is 2. The van der Waals surface area contributed by atoms with E-state index < -0.39 is 0 Å². The Morgan fingerprint density at radius 3 is 2.89 bits per heavy atom. The summed E-state index contributed by atoms with van der Waals surface area (Å²) in [6.07, 6.45) is 4.67. The number of pyridine rings is 1. The van der Waals surface area contributed by atoms with Crippen molar-refractivity contribution in [1.29, 1.82) is 0 Å². The Balaban J connectivity index is 2.20. The molecule has 102 valence electrons. The molecule has 5 nitrogen and oxygen atoms in total. The lowest BCUT2D eigenvalue weighted by Gasteiger charge is -2.03. The molecule has 0 fully saturated rings. The van der Waals surface area contributed by atoms with E-state index in [4.69, 9.17) is 10.3 Å². The third-order valence-corrected chi connectivity index (χ3v) is 3.46. The maximum absolute atomic E-state index is 6.00. The van der Waals surface area contributed by atoms with Crippen LogP contribution in [0.2, 0.25) is 0 Å². The molecule has 1 atom stereocenters. The minimum absolute atomic E-state index is 0.209. The number of rotatable bonds is 5. The van der Waals surface area contributed by atoms with E-state index in [1.807, 2.05) is 26.2 Å². The van der Waals surface area contributed by atoms with Gasteiger partial charge in [-0.25, -0.2) is 0 Å². The minimum Gasteiger partial charge on any atom is -0.337 e. The van der Waals surface area contributed by atoms with E-state index >= 15 is 0 Å². The molecule has 0 aromatic carbocycles. The van der Waals surface area contributed by atoms with Gasteiger partial charge in [0.1, 0.15) is 5.69 Å². The van der Waals surface area contributed by atoms with Crippen LogP contribution in [0.5, 0.6) is 0 Å². The topological polar surface area (TPSA) is 77.8 Å². The lowest BCUT2D eigenvalue weighted by Crippen LogP contribution is -2.11. The summed E-state index contributed by atoms with van der Waals surface area (Å²) in [6, 6.07) is 1.84. The fourth-order valence-corrected chi connectivity index (χ4v) is 2.29. The maximum atomic E-state index is 6.00. The van der Waals surface area contributed by atoms with Gasteiger partial charge in [-0.3, -0.25) is 4.98 Å². The molecule has 0 unspecified atom stereocenters. The molecule has 0 saturated carbocycles. The summed E-state index contributed by atoms with van der Waals surface area (Å²) in [7, 11) is 0. The van der Waals surface area contributed by atoms with Crippen molar-refractivity contribution >= 4 is 11.8 Å². The van der Waals surface area contributed by atoms with Gasteiger partial charge in [0.25, 0.3) is 0 Å². The SMILES string of the molecule is CSCC[C@H](N)c1nc(-c2ncc(C)cc2C)no1. The number of thioether (sulfide) groups is 1. The van der Waals surface area contributed by atoms with Crippen LogP contribution < -0.4 is 5.73 Å². The van der Waals surface area contributed by atoms with Crippen molar-refractivity contribution in [2.45, 2.75) is 26.3 Å². The first kappa shape index (κ1) is 14.0. The molecule has 0 saturated heterocycles. The van der Waals surface area contributed by atoms with Gasteiger partial charge in [-0.15, -0.1) is 0 Å². The lowest BCUT2D eigenvalue weighted by molar-refractivity contribution is 0.353. The molecule has 0 aliphatic rings. The summed E-state index contributed by atoms with van der Waals surface area (Å²) in [5, 5.41) is 3.97. The van der Waals surface area contributed by atoms with Crippen LogP contribution in [0.25, 0.3) is 11.5 Å². The van der Waals surface area contributed by atoms with Gasteiger partial charge in [-0.1, -0.05) is 11.2 Å². The van der Waals surface area contributed by atoms with Gasteiger partial charge >= 0.3 is 0 Å². The first-order valence-electron chi connectivity index (χ1n) is 6.13. The first-order valence-corrected chi connectivity index (χ1v) is 7.53. The number of aromatic nitrogens is 3. The quantitative estimate of drug-likeness (QED) is 0.905. The molecular formula is C13H18N4OS. The van der Waals surface area contributed by atoms with Crippen LogP contribution in [0.3, 0.4) is 0 Å². The number of nitrogens with zero attached hydrogens (tertiary/aromatic N) is 3. The van der Waals surface area contributed by atoms with Crippen molar-refractivity contribution < 1.29 is 4.52 Å². The highest BCUT2D eigenvalue weighted by molar-refractivity contribution is 7.98. The van der Waals surface area contributed by atoms with Crippen LogP contribution in [0.1, 0.15) is 29.5 Å². The molecule has 19 heavy (non-hydrogen) atoms. The molecule has 2 aromatic heterocycles. The van der Waals surface area contributed by atoms with E-state index in [1.54, 1.807) is 18.0 Å². The van der Waals surface area contributed by atoms with Crippen molar-refractivity contribution in [3.63, 3.8) is 0 Å². The normalized spacial score (nSPS) is 12.6. The second-order valence-corrected chi connectivity index (χ2v) is 5.51. The lowest BCUT2D eigenvalue weighted by atomic mass is 10.1. The average Bonchev–Trinajstić information content (AvgIpc) is 2.85. The van der Waals surface area contributed by atoms with Crippen LogP contribution in [-0.2, 0) is 0 Å². The van der Waals surface area contributed by atoms with Crippen molar-refractivity contribution in [2.75, 3.05) is 12.0 Å². The van der Waals surface area contributed by atoms with Crippen molar-refractivity contribution in [3.8, 4) is 11.5 Å². The van der Waals surface area contributed by atoms with Crippen molar-refractivity contribution in [1.82, 2.24) is 15.1 Å². The van der Waals surface area contributed by atoms with Gasteiger partial charge < -0.3 is 10.3 Å². The first-order chi connectivity index (χ1) is 9.11. The van der Waals surface area contributed by atoms with Gasteiger partial charge in [0.05, 0.1) is 6.04 Å². The summed E-state index contributed by atoms with van der Waals surface area (Å²) >= 11 is 1.75. The maximum Gasteiger partial charge on any atom is 0.243 e. The van der Waals surface area contributed by atoms with E-state index in [-0.39, 0.29) is 6.04 Å². The molecule has 0 amide bonds. The largest absolute Gasteiger partial charge is 0.337 e. The predicted molar refractivity (Wildman–Crippen MR) is 76.9 cm³/mol. The van der Waals surface area contributed by atoms with E-state index in [1.165, 1.54) is 0 Å². The molecule has 2 rings (SSSR count). The zero-order valence-electron chi connectivity index (χ0n) is 11.4. The molecule has 2 aromatic rings. The molecule has 0 bridgehead atoms. The van der Waals surface area contributed by atoms with Crippen LogP contribution in [0.4, 0.5) is 0 Å². The molecule has 0 radical (unpaired) electrons. The van der Waals surface area contributed by atoms with E-state index in [2.05, 4.69) is 15.1 Å². The Bertz CT molecular complexity index is 555. The average molecular weight is 278 g/mol. The molecule has 0 aliphatic heterocycles. The van der Waals surface area contributed by atoms with Gasteiger partial charge in [-0.2, -0.15) is 16.7 Å². The van der Waals surface area contributed by atoms with E-state index in [0.717, 1.165) is 29.0 Å². The molecular weight excluding hydrogens is 260 g/mol. The zero-order chi connectivity index (χ0) is 13.8. The van der Waals surface area contributed by atoms with Crippen molar-refractivity contribution in [2.24, 2.45) is 5.73 Å². The third kappa shape index (κ3) is 3.33. The Hall–Kier alpha value is -1.40. The van der Waals surface area contributed by atoms with E-state index in [0.29, 0.717) is 11.7 Å². The van der Waals surface area contributed by atoms with Crippen LogP contribution in [0.15, 0.2) is 16.8 Å². The fourth-order valence-electron chi connectivity index (χ4n) is 1.80. The Kier molecular flexibility index (Phi) is 4.55. The highest BCUT2D eigenvalue weighted by atomic mass is 32.2. The van der Waals surface area contributed by atoms with E-state index in [9.17, 15) is 0 Å². The number of nitrogens with two attached hydrogens (primary N) is 1. The van der Waals surface area contributed by atoms with Crippen molar-refractivity contribution in [3.05, 3.63) is 29.3 Å². The summed E-state index contributed by atoms with van der Waals surface area (Å²) in [6.45, 7) is 3.99. The van der Waals surface area contributed by atoms with Gasteiger partial charge in [0.15, 0.2) is 0 Å². The minimum atomic E-state index is -0.209. The Morgan fingerprint density at radius 2 is 2.21 bits per heavy atom.